The number of halogens is 1. The fraction of sp³-hybridized carbons (Fsp3) is 0.211. The van der Waals surface area contributed by atoms with Crippen LogP contribution < -0.4 is 15.6 Å². The molecule has 3 rings (SSSR count). The summed E-state index contributed by atoms with van der Waals surface area (Å²) in [6.45, 7) is 2.09. The highest BCUT2D eigenvalue weighted by atomic mass is 35.5. The molecule has 1 aromatic heterocycles. The van der Waals surface area contributed by atoms with Crippen LogP contribution in [0.5, 0.6) is 0 Å². The van der Waals surface area contributed by atoms with Gasteiger partial charge in [0, 0.05) is 19.4 Å². The summed E-state index contributed by atoms with van der Waals surface area (Å²) < 4.78 is 25.5. The summed E-state index contributed by atoms with van der Waals surface area (Å²) >= 11 is 6.28. The SMILES string of the molecule is CCO[P@@](=O)(c1ccccc1)c1nc(-c2ccccc2Cl)oc1N(C)C. The van der Waals surface area contributed by atoms with Crippen LogP contribution >= 0.6 is 19.0 Å². The molecule has 0 aliphatic heterocycles. The van der Waals surface area contributed by atoms with Gasteiger partial charge in [0.05, 0.1) is 17.2 Å². The Balaban J connectivity index is 2.22. The number of benzene rings is 2. The summed E-state index contributed by atoms with van der Waals surface area (Å²) in [6.07, 6.45) is 0. The Bertz CT molecular complexity index is 941. The molecule has 0 aliphatic carbocycles. The number of anilines is 1. The predicted octanol–water partition coefficient (Wildman–Crippen LogP) is 4.33. The van der Waals surface area contributed by atoms with Gasteiger partial charge in [0.2, 0.25) is 11.8 Å². The highest BCUT2D eigenvalue weighted by molar-refractivity contribution is 7.74. The Kier molecular flexibility index (Phi) is 5.52. The maximum Gasteiger partial charge on any atom is 0.284 e. The number of aromatic nitrogens is 1. The minimum absolute atomic E-state index is 0.283. The molecule has 1 heterocycles. The van der Waals surface area contributed by atoms with E-state index in [1.807, 2.05) is 50.5 Å². The minimum atomic E-state index is -3.42. The van der Waals surface area contributed by atoms with Gasteiger partial charge in [0.1, 0.15) is 0 Å². The van der Waals surface area contributed by atoms with E-state index < -0.39 is 7.37 Å². The van der Waals surface area contributed by atoms with E-state index in [0.29, 0.717) is 27.7 Å². The van der Waals surface area contributed by atoms with E-state index >= 15 is 0 Å². The maximum absolute atomic E-state index is 13.9. The molecule has 0 spiro atoms. The summed E-state index contributed by atoms with van der Waals surface area (Å²) in [5, 5.41) is 1.08. The highest BCUT2D eigenvalue weighted by Gasteiger charge is 2.37. The van der Waals surface area contributed by atoms with Crippen molar-refractivity contribution >= 4 is 35.6 Å². The van der Waals surface area contributed by atoms with E-state index in [9.17, 15) is 4.57 Å². The topological polar surface area (TPSA) is 55.6 Å². The molecule has 0 amide bonds. The van der Waals surface area contributed by atoms with E-state index in [-0.39, 0.29) is 12.0 Å². The van der Waals surface area contributed by atoms with Gasteiger partial charge in [-0.05, 0) is 31.2 Å². The third-order valence-electron chi connectivity index (χ3n) is 3.79. The number of oxazole rings is 1. The first kappa shape index (κ1) is 18.7. The van der Waals surface area contributed by atoms with Gasteiger partial charge in [0.25, 0.3) is 7.37 Å². The van der Waals surface area contributed by atoms with Crippen molar-refractivity contribution in [3.8, 4) is 11.5 Å². The zero-order valence-corrected chi connectivity index (χ0v) is 16.5. The van der Waals surface area contributed by atoms with Crippen molar-refractivity contribution < 1.29 is 13.5 Å². The van der Waals surface area contributed by atoms with Crippen molar-refractivity contribution in [1.29, 1.82) is 0 Å². The van der Waals surface area contributed by atoms with Crippen molar-refractivity contribution in [2.45, 2.75) is 6.92 Å². The quantitative estimate of drug-likeness (QED) is 0.586. The lowest BCUT2D eigenvalue weighted by Gasteiger charge is -2.18. The minimum Gasteiger partial charge on any atom is -0.420 e. The molecule has 0 unspecified atom stereocenters. The van der Waals surface area contributed by atoms with Crippen LogP contribution in [0.4, 0.5) is 5.88 Å². The van der Waals surface area contributed by atoms with E-state index in [0.717, 1.165) is 0 Å². The summed E-state index contributed by atoms with van der Waals surface area (Å²) in [7, 11) is 0.195. The van der Waals surface area contributed by atoms with Crippen LogP contribution in [-0.4, -0.2) is 25.7 Å². The monoisotopic (exact) mass is 390 g/mol. The first-order valence-electron chi connectivity index (χ1n) is 8.21. The molecule has 0 radical (unpaired) electrons. The van der Waals surface area contributed by atoms with Crippen LogP contribution in [0.1, 0.15) is 6.92 Å². The first-order valence-corrected chi connectivity index (χ1v) is 10.2. The summed E-state index contributed by atoms with van der Waals surface area (Å²) in [5.74, 6) is 0.700. The lowest BCUT2D eigenvalue weighted by molar-refractivity contribution is 0.347. The molecule has 0 saturated heterocycles. The molecular weight excluding hydrogens is 371 g/mol. The second kappa shape index (κ2) is 7.67. The van der Waals surface area contributed by atoms with Crippen LogP contribution in [0.25, 0.3) is 11.5 Å². The van der Waals surface area contributed by atoms with Crippen molar-refractivity contribution in [2.75, 3.05) is 25.6 Å². The molecule has 0 N–H and O–H groups in total. The number of nitrogens with zero attached hydrogens (tertiary/aromatic N) is 2. The Morgan fingerprint density at radius 1 is 1.12 bits per heavy atom. The largest absolute Gasteiger partial charge is 0.420 e. The van der Waals surface area contributed by atoms with Crippen LogP contribution in [0.2, 0.25) is 5.02 Å². The van der Waals surface area contributed by atoms with Gasteiger partial charge in [0.15, 0.2) is 5.44 Å². The van der Waals surface area contributed by atoms with Gasteiger partial charge in [-0.3, -0.25) is 4.57 Å². The van der Waals surface area contributed by atoms with E-state index in [1.54, 1.807) is 30.0 Å². The van der Waals surface area contributed by atoms with E-state index in [1.165, 1.54) is 0 Å². The fourth-order valence-corrected chi connectivity index (χ4v) is 4.98. The second-order valence-corrected chi connectivity index (χ2v) is 8.54. The van der Waals surface area contributed by atoms with Gasteiger partial charge in [-0.1, -0.05) is 41.9 Å². The first-order chi connectivity index (χ1) is 12.5. The summed E-state index contributed by atoms with van der Waals surface area (Å²) in [6, 6.07) is 16.3. The molecule has 7 heteroatoms. The lowest BCUT2D eigenvalue weighted by atomic mass is 10.2. The Morgan fingerprint density at radius 2 is 1.77 bits per heavy atom. The molecule has 2 aromatic carbocycles. The third kappa shape index (κ3) is 3.43. The fourth-order valence-electron chi connectivity index (χ4n) is 2.60. The summed E-state index contributed by atoms with van der Waals surface area (Å²) in [5.41, 5.74) is 0.921. The number of rotatable bonds is 6. The zero-order valence-electron chi connectivity index (χ0n) is 14.8. The Morgan fingerprint density at radius 3 is 2.38 bits per heavy atom. The molecular formula is C19H20ClN2O3P. The summed E-state index contributed by atoms with van der Waals surface area (Å²) in [4.78, 5) is 6.28. The molecule has 26 heavy (non-hydrogen) atoms. The molecule has 5 nitrogen and oxygen atoms in total. The van der Waals surface area contributed by atoms with Crippen LogP contribution in [-0.2, 0) is 9.09 Å². The number of hydrogen-bond acceptors (Lipinski definition) is 5. The van der Waals surface area contributed by atoms with Crippen molar-refractivity contribution in [3.63, 3.8) is 0 Å². The Hall–Kier alpha value is -2.07. The molecule has 0 bridgehead atoms. The van der Waals surface area contributed by atoms with Gasteiger partial charge < -0.3 is 13.8 Å². The predicted molar refractivity (Wildman–Crippen MR) is 106 cm³/mol. The molecule has 1 atom stereocenters. The van der Waals surface area contributed by atoms with E-state index in [2.05, 4.69) is 4.98 Å². The molecule has 3 aromatic rings. The molecule has 0 saturated carbocycles. The van der Waals surface area contributed by atoms with Gasteiger partial charge in [-0.2, -0.15) is 0 Å². The van der Waals surface area contributed by atoms with Crippen molar-refractivity contribution in [2.24, 2.45) is 0 Å². The zero-order chi connectivity index (χ0) is 18.7. The molecule has 0 fully saturated rings. The Labute approximate surface area is 158 Å². The molecule has 0 aliphatic rings. The highest BCUT2D eigenvalue weighted by Crippen LogP contribution is 2.47. The normalized spacial score (nSPS) is 13.4. The molecule has 136 valence electrons. The van der Waals surface area contributed by atoms with Crippen LogP contribution in [0, 0.1) is 0 Å². The number of hydrogen-bond donors (Lipinski definition) is 0. The maximum atomic E-state index is 13.9. The average Bonchev–Trinajstić information content (AvgIpc) is 3.09. The van der Waals surface area contributed by atoms with Crippen LogP contribution in [0.3, 0.4) is 0 Å². The smallest absolute Gasteiger partial charge is 0.284 e. The average molecular weight is 391 g/mol. The van der Waals surface area contributed by atoms with Crippen molar-refractivity contribution in [1.82, 2.24) is 4.98 Å². The van der Waals surface area contributed by atoms with E-state index in [4.69, 9.17) is 20.5 Å². The van der Waals surface area contributed by atoms with Gasteiger partial charge >= 0.3 is 0 Å². The van der Waals surface area contributed by atoms with Crippen molar-refractivity contribution in [3.05, 3.63) is 59.6 Å². The lowest BCUT2D eigenvalue weighted by Crippen LogP contribution is -2.24. The van der Waals surface area contributed by atoms with Crippen LogP contribution in [0.15, 0.2) is 59.0 Å². The van der Waals surface area contributed by atoms with Gasteiger partial charge in [-0.15, -0.1) is 0 Å². The standard InChI is InChI=1S/C19H20ClN2O3P/c1-4-24-26(23,14-10-6-5-7-11-14)18-19(22(2)3)25-17(21-18)15-12-8-9-13-16(15)20/h5-13H,4H2,1-3H3/t26-/m0/s1. The second-order valence-electron chi connectivity index (χ2n) is 5.83. The van der Waals surface area contributed by atoms with Gasteiger partial charge in [-0.25, -0.2) is 4.98 Å². The third-order valence-corrected chi connectivity index (χ3v) is 6.57.